The van der Waals surface area contributed by atoms with Gasteiger partial charge in [0.25, 0.3) is 5.91 Å². The predicted molar refractivity (Wildman–Crippen MR) is 97.6 cm³/mol. The van der Waals surface area contributed by atoms with Crippen LogP contribution in [-0.4, -0.2) is 57.5 Å². The van der Waals surface area contributed by atoms with Gasteiger partial charge in [-0.1, -0.05) is 13.0 Å². The second kappa shape index (κ2) is 7.95. The van der Waals surface area contributed by atoms with Crippen molar-refractivity contribution in [2.45, 2.75) is 25.2 Å². The van der Waals surface area contributed by atoms with Gasteiger partial charge in [0.15, 0.2) is 6.61 Å². The Morgan fingerprint density at radius 3 is 2.59 bits per heavy atom. The van der Waals surface area contributed by atoms with Crippen LogP contribution in [0.25, 0.3) is 0 Å². The van der Waals surface area contributed by atoms with Crippen molar-refractivity contribution in [3.63, 3.8) is 0 Å². The van der Waals surface area contributed by atoms with Gasteiger partial charge in [-0.3, -0.25) is 9.59 Å². The molecular formula is C18H24N2O6S. The van der Waals surface area contributed by atoms with Crippen LogP contribution in [0.1, 0.15) is 18.9 Å². The summed E-state index contributed by atoms with van der Waals surface area (Å²) in [4.78, 5) is 23.9. The molecule has 0 unspecified atom stereocenters. The van der Waals surface area contributed by atoms with E-state index in [0.717, 1.165) is 6.42 Å². The normalized spacial score (nSPS) is 22.9. The van der Waals surface area contributed by atoms with Crippen LogP contribution in [0.5, 0.6) is 0 Å². The third-order valence-electron chi connectivity index (χ3n) is 4.85. The Bertz CT molecular complexity index is 832. The quantitative estimate of drug-likeness (QED) is 0.724. The number of anilines is 1. The van der Waals surface area contributed by atoms with Gasteiger partial charge in [-0.05, 0) is 37.0 Å². The Kier molecular flexibility index (Phi) is 5.83. The van der Waals surface area contributed by atoms with E-state index >= 15 is 0 Å². The highest BCUT2D eigenvalue weighted by atomic mass is 32.2. The molecule has 3 rings (SSSR count). The zero-order chi connectivity index (χ0) is 19.6. The van der Waals surface area contributed by atoms with Crippen LogP contribution in [0.15, 0.2) is 23.1 Å². The zero-order valence-electron chi connectivity index (χ0n) is 15.4. The Labute approximate surface area is 158 Å². The molecule has 1 N–H and O–H groups in total. The molecule has 2 atom stereocenters. The molecule has 2 fully saturated rings. The number of sulfonamides is 1. The number of amides is 1. The summed E-state index contributed by atoms with van der Waals surface area (Å²) < 4.78 is 37.1. The van der Waals surface area contributed by atoms with Gasteiger partial charge in [0.2, 0.25) is 10.0 Å². The first kappa shape index (κ1) is 19.8. The van der Waals surface area contributed by atoms with Crippen molar-refractivity contribution in [3.8, 4) is 0 Å². The third kappa shape index (κ3) is 4.66. The number of carbonyl (C=O) groups is 2. The number of ether oxygens (including phenoxy) is 2. The Balaban J connectivity index is 1.66. The molecule has 0 bridgehead atoms. The second-order valence-electron chi connectivity index (χ2n) is 6.97. The second-order valence-corrected chi connectivity index (χ2v) is 8.91. The highest BCUT2D eigenvalue weighted by molar-refractivity contribution is 7.89. The first-order chi connectivity index (χ1) is 12.8. The van der Waals surface area contributed by atoms with Gasteiger partial charge in [-0.15, -0.1) is 0 Å². The average Bonchev–Trinajstić information content (AvgIpc) is 3.39. The average molecular weight is 396 g/mol. The van der Waals surface area contributed by atoms with Crippen LogP contribution in [0.4, 0.5) is 5.69 Å². The number of nitrogens with zero attached hydrogens (tertiary/aromatic N) is 1. The molecule has 0 radical (unpaired) electrons. The highest BCUT2D eigenvalue weighted by Gasteiger charge is 2.40. The standard InChI is InChI=1S/C18H24N2O6S/c1-12-3-4-14(27(23,24)20-5-7-25-8-6-20)10-16(12)19-17(21)11-26-18(22)15-9-13(15)2/h3-4,10,13,15H,5-9,11H2,1-2H3,(H,19,21)/t13-,15+/m1/s1. The lowest BCUT2D eigenvalue weighted by molar-refractivity contribution is -0.148. The Morgan fingerprint density at radius 1 is 1.30 bits per heavy atom. The topological polar surface area (TPSA) is 102 Å². The largest absolute Gasteiger partial charge is 0.455 e. The van der Waals surface area contributed by atoms with E-state index < -0.39 is 15.9 Å². The van der Waals surface area contributed by atoms with E-state index in [2.05, 4.69) is 5.32 Å². The number of esters is 1. The smallest absolute Gasteiger partial charge is 0.309 e. The van der Waals surface area contributed by atoms with Crippen LogP contribution < -0.4 is 5.32 Å². The number of carbonyl (C=O) groups excluding carboxylic acids is 2. The van der Waals surface area contributed by atoms with Crippen LogP contribution in [0, 0.1) is 18.8 Å². The molecule has 1 heterocycles. The van der Waals surface area contributed by atoms with Crippen LogP contribution in [0.3, 0.4) is 0 Å². The molecule has 9 heteroatoms. The van der Waals surface area contributed by atoms with Crippen molar-refractivity contribution in [2.24, 2.45) is 11.8 Å². The fraction of sp³-hybridized carbons (Fsp3) is 0.556. The van der Waals surface area contributed by atoms with Gasteiger partial charge in [0.05, 0.1) is 24.0 Å². The molecule has 8 nitrogen and oxygen atoms in total. The number of hydrogen-bond acceptors (Lipinski definition) is 6. The zero-order valence-corrected chi connectivity index (χ0v) is 16.3. The van der Waals surface area contributed by atoms with Crippen molar-refractivity contribution in [1.29, 1.82) is 0 Å². The van der Waals surface area contributed by atoms with E-state index in [0.29, 0.717) is 43.5 Å². The van der Waals surface area contributed by atoms with Crippen LogP contribution in [0.2, 0.25) is 0 Å². The summed E-state index contributed by atoms with van der Waals surface area (Å²) in [6.07, 6.45) is 0.793. The first-order valence-corrected chi connectivity index (χ1v) is 10.4. The van der Waals surface area contributed by atoms with E-state index in [1.807, 2.05) is 6.92 Å². The molecule has 1 saturated heterocycles. The number of nitrogens with one attached hydrogen (secondary N) is 1. The third-order valence-corrected chi connectivity index (χ3v) is 6.74. The van der Waals surface area contributed by atoms with Gasteiger partial charge in [0, 0.05) is 18.8 Å². The monoisotopic (exact) mass is 396 g/mol. The molecule has 1 aliphatic heterocycles. The summed E-state index contributed by atoms with van der Waals surface area (Å²) in [5, 5.41) is 2.63. The predicted octanol–water partition coefficient (Wildman–Crippen LogP) is 1.15. The summed E-state index contributed by atoms with van der Waals surface area (Å²) in [6, 6.07) is 4.59. The van der Waals surface area contributed by atoms with Crippen LogP contribution in [-0.2, 0) is 29.1 Å². The molecule has 0 aromatic heterocycles. The molecule has 1 aliphatic carbocycles. The first-order valence-electron chi connectivity index (χ1n) is 8.94. The molecule has 27 heavy (non-hydrogen) atoms. The van der Waals surface area contributed by atoms with E-state index in [-0.39, 0.29) is 23.4 Å². The number of benzene rings is 1. The number of morpholine rings is 1. The van der Waals surface area contributed by atoms with E-state index in [9.17, 15) is 18.0 Å². The lowest BCUT2D eigenvalue weighted by Crippen LogP contribution is -2.40. The molecule has 1 aromatic rings. The molecular weight excluding hydrogens is 372 g/mol. The maximum Gasteiger partial charge on any atom is 0.309 e. The van der Waals surface area contributed by atoms with Crippen molar-refractivity contribution in [1.82, 2.24) is 4.31 Å². The van der Waals surface area contributed by atoms with Crippen molar-refractivity contribution in [3.05, 3.63) is 23.8 Å². The lowest BCUT2D eigenvalue weighted by atomic mass is 10.2. The fourth-order valence-corrected chi connectivity index (χ4v) is 4.35. The molecule has 1 saturated carbocycles. The van der Waals surface area contributed by atoms with E-state index in [1.54, 1.807) is 13.0 Å². The molecule has 1 aromatic carbocycles. The fourth-order valence-electron chi connectivity index (χ4n) is 2.91. The Hall–Kier alpha value is -1.97. The highest BCUT2D eigenvalue weighted by Crippen LogP contribution is 2.38. The Morgan fingerprint density at radius 2 is 1.96 bits per heavy atom. The maximum absolute atomic E-state index is 12.8. The number of hydrogen-bond donors (Lipinski definition) is 1. The van der Waals surface area contributed by atoms with Gasteiger partial charge >= 0.3 is 5.97 Å². The maximum atomic E-state index is 12.8. The minimum Gasteiger partial charge on any atom is -0.455 e. The summed E-state index contributed by atoms with van der Waals surface area (Å²) in [5.74, 6) is -0.662. The van der Waals surface area contributed by atoms with Gasteiger partial charge in [0.1, 0.15) is 0 Å². The minimum absolute atomic E-state index is 0.106. The summed E-state index contributed by atoms with van der Waals surface area (Å²) in [5.41, 5.74) is 1.09. The van der Waals surface area contributed by atoms with E-state index in [1.165, 1.54) is 16.4 Å². The van der Waals surface area contributed by atoms with Crippen LogP contribution >= 0.6 is 0 Å². The van der Waals surface area contributed by atoms with Crippen molar-refractivity contribution in [2.75, 3.05) is 38.2 Å². The molecule has 0 spiro atoms. The van der Waals surface area contributed by atoms with Crippen molar-refractivity contribution < 1.29 is 27.5 Å². The summed E-state index contributed by atoms with van der Waals surface area (Å²) in [6.45, 7) is 4.65. The minimum atomic E-state index is -3.66. The molecule has 2 aliphatic rings. The van der Waals surface area contributed by atoms with Gasteiger partial charge < -0.3 is 14.8 Å². The number of aryl methyl sites for hydroxylation is 1. The van der Waals surface area contributed by atoms with Gasteiger partial charge in [-0.2, -0.15) is 4.31 Å². The van der Waals surface area contributed by atoms with Crippen molar-refractivity contribution >= 4 is 27.6 Å². The number of rotatable bonds is 6. The summed E-state index contributed by atoms with van der Waals surface area (Å²) in [7, 11) is -3.66. The van der Waals surface area contributed by atoms with E-state index in [4.69, 9.17) is 9.47 Å². The SMILES string of the molecule is Cc1ccc(S(=O)(=O)N2CCOCC2)cc1NC(=O)COC(=O)[C@H]1C[C@H]1C. The lowest BCUT2D eigenvalue weighted by Gasteiger charge is -2.26. The van der Waals surface area contributed by atoms with Gasteiger partial charge in [-0.25, -0.2) is 8.42 Å². The molecule has 148 valence electrons. The summed E-state index contributed by atoms with van der Waals surface area (Å²) >= 11 is 0. The molecule has 1 amide bonds.